The minimum Gasteiger partial charge on any atom is -0.391 e. The van der Waals surface area contributed by atoms with E-state index in [9.17, 15) is 14.3 Å². The van der Waals surface area contributed by atoms with E-state index in [2.05, 4.69) is 0 Å². The maximum atomic E-state index is 13.1. The molecule has 1 amide bonds. The lowest BCUT2D eigenvalue weighted by atomic mass is 9.80. The van der Waals surface area contributed by atoms with Crippen molar-refractivity contribution in [1.82, 2.24) is 4.90 Å². The maximum absolute atomic E-state index is 13.1. The summed E-state index contributed by atoms with van der Waals surface area (Å²) in [4.78, 5) is 13.8. The maximum Gasteiger partial charge on any atom is 0.227 e. The molecule has 1 atom stereocenters. The number of hydrogen-bond donors (Lipinski definition) is 1. The third kappa shape index (κ3) is 3.32. The lowest BCUT2D eigenvalue weighted by molar-refractivity contribution is -0.137. The SMILES string of the molecule is CC1(C)CCN(C(=O)Cc2cccc(F)c2)CC1O. The number of carbonyl (C=O) groups is 1. The highest BCUT2D eigenvalue weighted by Crippen LogP contribution is 2.30. The molecule has 4 heteroatoms. The summed E-state index contributed by atoms with van der Waals surface area (Å²) in [6.07, 6.45) is 0.464. The molecule has 1 N–H and O–H groups in total. The number of aliphatic hydroxyl groups excluding tert-OH is 1. The Morgan fingerprint density at radius 2 is 2.26 bits per heavy atom. The number of aliphatic hydroxyl groups is 1. The number of benzene rings is 1. The van der Waals surface area contributed by atoms with Crippen LogP contribution in [0.25, 0.3) is 0 Å². The predicted molar refractivity (Wildman–Crippen MR) is 71.1 cm³/mol. The minimum absolute atomic E-state index is 0.0554. The summed E-state index contributed by atoms with van der Waals surface area (Å²) in [5.41, 5.74) is 0.527. The van der Waals surface area contributed by atoms with Crippen LogP contribution in [0.4, 0.5) is 4.39 Å². The summed E-state index contributed by atoms with van der Waals surface area (Å²) in [5.74, 6) is -0.384. The molecule has 1 aliphatic heterocycles. The molecule has 1 saturated heterocycles. The second-order valence-electron chi connectivity index (χ2n) is 5.90. The van der Waals surface area contributed by atoms with Crippen molar-refractivity contribution in [2.75, 3.05) is 13.1 Å². The molecule has 0 saturated carbocycles. The summed E-state index contributed by atoms with van der Waals surface area (Å²) >= 11 is 0. The number of amides is 1. The molecule has 1 aliphatic rings. The number of halogens is 1. The van der Waals surface area contributed by atoms with Crippen LogP contribution in [0, 0.1) is 11.2 Å². The van der Waals surface area contributed by atoms with Crippen molar-refractivity contribution in [3.8, 4) is 0 Å². The van der Waals surface area contributed by atoms with E-state index in [0.717, 1.165) is 6.42 Å². The number of β-amino-alcohol motifs (C(OH)–C–C–N with tert-alkyl or cyclic N) is 1. The number of piperidine rings is 1. The van der Waals surface area contributed by atoms with Gasteiger partial charge in [-0.15, -0.1) is 0 Å². The van der Waals surface area contributed by atoms with E-state index in [1.807, 2.05) is 13.8 Å². The van der Waals surface area contributed by atoms with Crippen molar-refractivity contribution in [3.05, 3.63) is 35.6 Å². The van der Waals surface area contributed by atoms with Gasteiger partial charge in [0.1, 0.15) is 5.82 Å². The number of hydrogen-bond acceptors (Lipinski definition) is 2. The Kier molecular flexibility index (Phi) is 3.90. The summed E-state index contributed by atoms with van der Waals surface area (Å²) in [6.45, 7) is 5.03. The average molecular weight is 265 g/mol. The van der Waals surface area contributed by atoms with E-state index in [4.69, 9.17) is 0 Å². The van der Waals surface area contributed by atoms with E-state index in [1.54, 1.807) is 17.0 Å². The van der Waals surface area contributed by atoms with Crippen LogP contribution in [0.15, 0.2) is 24.3 Å². The zero-order valence-electron chi connectivity index (χ0n) is 11.4. The molecule has 1 unspecified atom stereocenters. The molecule has 0 aromatic heterocycles. The van der Waals surface area contributed by atoms with Crippen LogP contribution in [0.1, 0.15) is 25.8 Å². The van der Waals surface area contributed by atoms with Gasteiger partial charge >= 0.3 is 0 Å². The van der Waals surface area contributed by atoms with Crippen molar-refractivity contribution in [3.63, 3.8) is 0 Å². The third-order valence-corrected chi connectivity index (χ3v) is 3.92. The van der Waals surface area contributed by atoms with E-state index >= 15 is 0 Å². The van der Waals surface area contributed by atoms with Gasteiger partial charge in [-0.3, -0.25) is 4.79 Å². The minimum atomic E-state index is -0.502. The summed E-state index contributed by atoms with van der Waals surface area (Å²) in [7, 11) is 0. The number of carbonyl (C=O) groups excluding carboxylic acids is 1. The topological polar surface area (TPSA) is 40.5 Å². The van der Waals surface area contributed by atoms with Gasteiger partial charge in [0.25, 0.3) is 0 Å². The second-order valence-corrected chi connectivity index (χ2v) is 5.90. The van der Waals surface area contributed by atoms with Gasteiger partial charge in [0, 0.05) is 13.1 Å². The van der Waals surface area contributed by atoms with Crippen LogP contribution >= 0.6 is 0 Å². The molecule has 19 heavy (non-hydrogen) atoms. The van der Waals surface area contributed by atoms with E-state index in [-0.39, 0.29) is 23.6 Å². The summed E-state index contributed by atoms with van der Waals surface area (Å²) in [6, 6.07) is 6.08. The Balaban J connectivity index is 1.98. The quantitative estimate of drug-likeness (QED) is 0.888. The predicted octanol–water partition coefficient (Wildman–Crippen LogP) is 1.99. The lowest BCUT2D eigenvalue weighted by Crippen LogP contribution is -2.50. The first-order valence-corrected chi connectivity index (χ1v) is 6.59. The highest BCUT2D eigenvalue weighted by atomic mass is 19.1. The van der Waals surface area contributed by atoms with Crippen LogP contribution in [0.5, 0.6) is 0 Å². The van der Waals surface area contributed by atoms with Crippen LogP contribution in [-0.4, -0.2) is 35.1 Å². The Morgan fingerprint density at radius 3 is 2.89 bits per heavy atom. The van der Waals surface area contributed by atoms with E-state index < -0.39 is 6.10 Å². The number of rotatable bonds is 2. The fraction of sp³-hybridized carbons (Fsp3) is 0.533. The number of likely N-dealkylation sites (tertiary alicyclic amines) is 1. The first-order valence-electron chi connectivity index (χ1n) is 6.59. The molecule has 2 rings (SSSR count). The standard InChI is InChI=1S/C15H20FNO2/c1-15(2)6-7-17(10-13(15)18)14(19)9-11-4-3-5-12(16)8-11/h3-5,8,13,18H,6-7,9-10H2,1-2H3. The zero-order chi connectivity index (χ0) is 14.0. The van der Waals surface area contributed by atoms with Crippen LogP contribution in [-0.2, 0) is 11.2 Å². The van der Waals surface area contributed by atoms with Gasteiger partial charge in [-0.25, -0.2) is 4.39 Å². The third-order valence-electron chi connectivity index (χ3n) is 3.92. The molecular formula is C15H20FNO2. The smallest absolute Gasteiger partial charge is 0.227 e. The fourth-order valence-electron chi connectivity index (χ4n) is 2.30. The van der Waals surface area contributed by atoms with Gasteiger partial charge in [-0.2, -0.15) is 0 Å². The Bertz CT molecular complexity index is 473. The second kappa shape index (κ2) is 5.29. The van der Waals surface area contributed by atoms with Crippen molar-refractivity contribution in [1.29, 1.82) is 0 Å². The highest BCUT2D eigenvalue weighted by Gasteiger charge is 2.35. The molecule has 0 aliphatic carbocycles. The van der Waals surface area contributed by atoms with Crippen LogP contribution in [0.2, 0.25) is 0 Å². The molecule has 1 heterocycles. The summed E-state index contributed by atoms with van der Waals surface area (Å²) in [5, 5.41) is 10.0. The van der Waals surface area contributed by atoms with Crippen LogP contribution in [0.3, 0.4) is 0 Å². The largest absolute Gasteiger partial charge is 0.391 e. The van der Waals surface area contributed by atoms with Crippen molar-refractivity contribution < 1.29 is 14.3 Å². The molecule has 3 nitrogen and oxygen atoms in total. The highest BCUT2D eigenvalue weighted by molar-refractivity contribution is 5.78. The zero-order valence-corrected chi connectivity index (χ0v) is 11.4. The summed E-state index contributed by atoms with van der Waals surface area (Å²) < 4.78 is 13.1. The van der Waals surface area contributed by atoms with E-state index in [1.165, 1.54) is 12.1 Å². The average Bonchev–Trinajstić information content (AvgIpc) is 2.32. The fourth-order valence-corrected chi connectivity index (χ4v) is 2.30. The van der Waals surface area contributed by atoms with Gasteiger partial charge in [0.05, 0.1) is 12.5 Å². The van der Waals surface area contributed by atoms with Gasteiger partial charge in [-0.05, 0) is 29.5 Å². The molecular weight excluding hydrogens is 245 g/mol. The first-order chi connectivity index (χ1) is 8.88. The Morgan fingerprint density at radius 1 is 1.53 bits per heavy atom. The number of nitrogens with zero attached hydrogens (tertiary/aromatic N) is 1. The first kappa shape index (κ1) is 14.0. The monoisotopic (exact) mass is 265 g/mol. The molecule has 1 aromatic rings. The van der Waals surface area contributed by atoms with Gasteiger partial charge < -0.3 is 10.0 Å². The van der Waals surface area contributed by atoms with E-state index in [0.29, 0.717) is 18.7 Å². The van der Waals surface area contributed by atoms with Crippen LogP contribution < -0.4 is 0 Å². The van der Waals surface area contributed by atoms with Gasteiger partial charge in [0.2, 0.25) is 5.91 Å². The molecule has 1 aromatic carbocycles. The van der Waals surface area contributed by atoms with Gasteiger partial charge in [0.15, 0.2) is 0 Å². The normalized spacial score (nSPS) is 22.3. The van der Waals surface area contributed by atoms with Crippen molar-refractivity contribution >= 4 is 5.91 Å². The molecule has 0 spiro atoms. The van der Waals surface area contributed by atoms with Gasteiger partial charge in [-0.1, -0.05) is 26.0 Å². The Labute approximate surface area is 113 Å². The van der Waals surface area contributed by atoms with Crippen molar-refractivity contribution in [2.24, 2.45) is 5.41 Å². The lowest BCUT2D eigenvalue weighted by Gasteiger charge is -2.41. The molecule has 1 fully saturated rings. The van der Waals surface area contributed by atoms with Crippen molar-refractivity contribution in [2.45, 2.75) is 32.8 Å². The Hall–Kier alpha value is -1.42. The molecule has 104 valence electrons. The molecule has 0 radical (unpaired) electrons. The molecule has 0 bridgehead atoms.